The molecular weight excluding hydrogens is 329 g/mol. The van der Waals surface area contributed by atoms with E-state index in [4.69, 9.17) is 4.74 Å². The molecule has 0 aromatic carbocycles. The molecule has 1 N–H and O–H groups in total. The molecule has 7 nitrogen and oxygen atoms in total. The largest absolute Gasteiger partial charge is 0.435 e. The van der Waals surface area contributed by atoms with Crippen LogP contribution < -0.4 is 5.32 Å². The van der Waals surface area contributed by atoms with Gasteiger partial charge in [0.05, 0.1) is 6.61 Å². The quantitative estimate of drug-likeness (QED) is 0.848. The Kier molecular flexibility index (Phi) is 5.16. The van der Waals surface area contributed by atoms with Gasteiger partial charge < -0.3 is 15.0 Å². The van der Waals surface area contributed by atoms with Crippen molar-refractivity contribution in [3.63, 3.8) is 0 Å². The summed E-state index contributed by atoms with van der Waals surface area (Å²) in [7, 11) is 2.89. The smallest absolute Gasteiger partial charge is 0.382 e. The molecule has 0 bridgehead atoms. The molecule has 0 spiro atoms. The molecule has 0 radical (unpaired) electrons. The zero-order valence-electron chi connectivity index (χ0n) is 13.4. The molecule has 2 heterocycles. The number of halogens is 3. The van der Waals surface area contributed by atoms with Gasteiger partial charge in [0.1, 0.15) is 12.1 Å². The molecule has 1 aliphatic rings. The van der Waals surface area contributed by atoms with E-state index in [0.29, 0.717) is 19.4 Å². The van der Waals surface area contributed by atoms with E-state index in [2.05, 4.69) is 10.4 Å². The highest BCUT2D eigenvalue weighted by atomic mass is 19.4. The first-order valence-corrected chi connectivity index (χ1v) is 7.37. The molecule has 0 aliphatic carbocycles. The van der Waals surface area contributed by atoms with Gasteiger partial charge in [-0.05, 0) is 18.9 Å². The number of nitrogens with zero attached hydrogens (tertiary/aromatic N) is 3. The maximum atomic E-state index is 12.6. The lowest BCUT2D eigenvalue weighted by atomic mass is 9.95. The van der Waals surface area contributed by atoms with E-state index >= 15 is 0 Å². The van der Waals surface area contributed by atoms with Crippen LogP contribution in [-0.2, 0) is 27.0 Å². The normalized spacial score (nSPS) is 21.1. The molecule has 1 saturated heterocycles. The zero-order valence-corrected chi connectivity index (χ0v) is 13.4. The second-order valence-corrected chi connectivity index (χ2v) is 5.59. The van der Waals surface area contributed by atoms with Crippen molar-refractivity contribution in [3.8, 4) is 0 Å². The molecule has 1 aromatic heterocycles. The van der Waals surface area contributed by atoms with Crippen molar-refractivity contribution < 1.29 is 27.5 Å². The summed E-state index contributed by atoms with van der Waals surface area (Å²) >= 11 is 0. The van der Waals surface area contributed by atoms with Gasteiger partial charge in [-0.1, -0.05) is 0 Å². The first-order valence-electron chi connectivity index (χ1n) is 7.37. The average Bonchev–Trinajstić information content (AvgIpc) is 3.14. The first-order chi connectivity index (χ1) is 11.2. The van der Waals surface area contributed by atoms with E-state index in [1.807, 2.05) is 0 Å². The number of nitrogens with one attached hydrogen (secondary N) is 1. The lowest BCUT2D eigenvalue weighted by molar-refractivity contribution is -0.149. The van der Waals surface area contributed by atoms with Crippen LogP contribution in [0.1, 0.15) is 18.5 Å². The van der Waals surface area contributed by atoms with Gasteiger partial charge in [0.25, 0.3) is 0 Å². The van der Waals surface area contributed by atoms with Crippen molar-refractivity contribution in [1.29, 1.82) is 0 Å². The van der Waals surface area contributed by atoms with Crippen molar-refractivity contribution in [1.82, 2.24) is 20.0 Å². The Labute approximate surface area is 136 Å². The van der Waals surface area contributed by atoms with Crippen LogP contribution in [0.4, 0.5) is 13.2 Å². The van der Waals surface area contributed by atoms with Gasteiger partial charge in [-0.3, -0.25) is 14.3 Å². The SMILES string of the molecule is CNC(=O)C1(COC)CCCN1C(=O)Cn1ccc(C(F)(F)F)n1. The van der Waals surface area contributed by atoms with E-state index < -0.39 is 23.3 Å². The van der Waals surface area contributed by atoms with Crippen LogP contribution in [-0.4, -0.2) is 59.3 Å². The Morgan fingerprint density at radius 2 is 2.17 bits per heavy atom. The third-order valence-electron chi connectivity index (χ3n) is 4.05. The third kappa shape index (κ3) is 3.37. The molecule has 1 fully saturated rings. The van der Waals surface area contributed by atoms with Gasteiger partial charge in [-0.15, -0.1) is 0 Å². The molecule has 2 amide bonds. The molecule has 1 aliphatic heterocycles. The molecule has 134 valence electrons. The molecule has 24 heavy (non-hydrogen) atoms. The lowest BCUT2D eigenvalue weighted by Crippen LogP contribution is -2.60. The Balaban J connectivity index is 2.18. The second kappa shape index (κ2) is 6.80. The maximum Gasteiger partial charge on any atom is 0.435 e. The summed E-state index contributed by atoms with van der Waals surface area (Å²) in [6.07, 6.45) is -2.44. The van der Waals surface area contributed by atoms with Crippen molar-refractivity contribution in [2.24, 2.45) is 0 Å². The topological polar surface area (TPSA) is 76.5 Å². The van der Waals surface area contributed by atoms with Crippen molar-refractivity contribution in [2.75, 3.05) is 27.3 Å². The van der Waals surface area contributed by atoms with E-state index in [1.165, 1.54) is 19.1 Å². The molecular formula is C14H19F3N4O3. The monoisotopic (exact) mass is 348 g/mol. The Hall–Kier alpha value is -2.10. The van der Waals surface area contributed by atoms with Crippen LogP contribution in [0.5, 0.6) is 0 Å². The van der Waals surface area contributed by atoms with Gasteiger partial charge in [-0.2, -0.15) is 18.3 Å². The van der Waals surface area contributed by atoms with E-state index in [9.17, 15) is 22.8 Å². The van der Waals surface area contributed by atoms with Crippen molar-refractivity contribution in [2.45, 2.75) is 31.1 Å². The van der Waals surface area contributed by atoms with E-state index in [-0.39, 0.29) is 19.1 Å². The van der Waals surface area contributed by atoms with Crippen LogP contribution in [0.3, 0.4) is 0 Å². The molecule has 1 aromatic rings. The van der Waals surface area contributed by atoms with Crippen LogP contribution in [0.25, 0.3) is 0 Å². The average molecular weight is 348 g/mol. The van der Waals surface area contributed by atoms with Crippen LogP contribution in [0.15, 0.2) is 12.3 Å². The van der Waals surface area contributed by atoms with Gasteiger partial charge in [0.2, 0.25) is 11.8 Å². The lowest BCUT2D eigenvalue weighted by Gasteiger charge is -2.36. The number of hydrogen-bond acceptors (Lipinski definition) is 4. The Morgan fingerprint density at radius 3 is 2.71 bits per heavy atom. The minimum atomic E-state index is -4.57. The second-order valence-electron chi connectivity index (χ2n) is 5.59. The minimum absolute atomic E-state index is 0.0192. The van der Waals surface area contributed by atoms with Crippen molar-refractivity contribution in [3.05, 3.63) is 18.0 Å². The number of carbonyl (C=O) groups is 2. The number of amides is 2. The Morgan fingerprint density at radius 1 is 1.46 bits per heavy atom. The van der Waals surface area contributed by atoms with Gasteiger partial charge in [-0.25, -0.2) is 0 Å². The number of hydrogen-bond donors (Lipinski definition) is 1. The number of rotatable bonds is 5. The van der Waals surface area contributed by atoms with Crippen LogP contribution in [0.2, 0.25) is 0 Å². The van der Waals surface area contributed by atoms with Crippen LogP contribution >= 0.6 is 0 Å². The number of aromatic nitrogens is 2. The van der Waals surface area contributed by atoms with Crippen molar-refractivity contribution >= 4 is 11.8 Å². The highest BCUT2D eigenvalue weighted by Gasteiger charge is 2.49. The fourth-order valence-electron chi connectivity index (χ4n) is 2.99. The fourth-order valence-corrected chi connectivity index (χ4v) is 2.99. The highest BCUT2D eigenvalue weighted by molar-refractivity contribution is 5.92. The summed E-state index contributed by atoms with van der Waals surface area (Å²) in [6, 6.07) is 0.804. The van der Waals surface area contributed by atoms with Gasteiger partial charge in [0, 0.05) is 26.9 Å². The standard InChI is InChI=1S/C14H19F3N4O3/c1-18-12(23)13(9-24-2)5-3-6-21(13)11(22)8-20-7-4-10(19-20)14(15,16)17/h4,7H,3,5-6,8-9H2,1-2H3,(H,18,23). The number of methoxy groups -OCH3 is 1. The molecule has 1 unspecified atom stereocenters. The number of likely N-dealkylation sites (N-methyl/N-ethyl adjacent to an activating group) is 1. The maximum absolute atomic E-state index is 12.6. The number of ether oxygens (including phenoxy) is 1. The third-order valence-corrected chi connectivity index (χ3v) is 4.05. The van der Waals surface area contributed by atoms with Crippen LogP contribution in [0, 0.1) is 0 Å². The predicted molar refractivity (Wildman–Crippen MR) is 76.8 cm³/mol. The minimum Gasteiger partial charge on any atom is -0.382 e. The molecule has 10 heteroatoms. The number of alkyl halides is 3. The van der Waals surface area contributed by atoms with Gasteiger partial charge >= 0.3 is 6.18 Å². The highest BCUT2D eigenvalue weighted by Crippen LogP contribution is 2.31. The van der Waals surface area contributed by atoms with E-state index in [0.717, 1.165) is 16.9 Å². The number of carbonyl (C=O) groups excluding carboxylic acids is 2. The number of likely N-dealkylation sites (tertiary alicyclic amines) is 1. The molecule has 0 saturated carbocycles. The zero-order chi connectivity index (χ0) is 18.0. The summed E-state index contributed by atoms with van der Waals surface area (Å²) in [5.41, 5.74) is -2.20. The first kappa shape index (κ1) is 18.2. The predicted octanol–water partition coefficient (Wildman–Crippen LogP) is 0.655. The fraction of sp³-hybridized carbons (Fsp3) is 0.643. The Bertz CT molecular complexity index is 617. The summed E-state index contributed by atoms with van der Waals surface area (Å²) in [5, 5.41) is 5.89. The van der Waals surface area contributed by atoms with E-state index in [1.54, 1.807) is 0 Å². The summed E-state index contributed by atoms with van der Waals surface area (Å²) in [6.45, 7) is -0.0210. The molecule has 2 rings (SSSR count). The van der Waals surface area contributed by atoms with Gasteiger partial charge in [0.15, 0.2) is 5.69 Å². The summed E-state index contributed by atoms with van der Waals surface area (Å²) in [4.78, 5) is 26.2. The summed E-state index contributed by atoms with van der Waals surface area (Å²) < 4.78 is 43.7. The molecule has 1 atom stereocenters. The summed E-state index contributed by atoms with van der Waals surface area (Å²) in [5.74, 6) is -0.836.